The Morgan fingerprint density at radius 3 is 2.72 bits per heavy atom. The van der Waals surface area contributed by atoms with Crippen LogP contribution >= 0.6 is 0 Å². The molecule has 2 atom stereocenters. The van der Waals surface area contributed by atoms with E-state index in [-0.39, 0.29) is 23.2 Å². The molecule has 0 radical (unpaired) electrons. The maximum Gasteiger partial charge on any atom is 0.433 e. The second-order valence-electron chi connectivity index (χ2n) is 6.76. The molecular weight excluding hydrogens is 333 g/mol. The molecule has 0 amide bonds. The van der Waals surface area contributed by atoms with Crippen LogP contribution in [0.4, 0.5) is 19.0 Å². The van der Waals surface area contributed by atoms with Crippen molar-refractivity contribution in [1.82, 2.24) is 14.5 Å². The van der Waals surface area contributed by atoms with Crippen molar-refractivity contribution in [2.45, 2.75) is 32.0 Å². The monoisotopic (exact) mass is 350 g/mol. The maximum atomic E-state index is 13.0. The number of alkyl halides is 3. The van der Waals surface area contributed by atoms with Crippen molar-refractivity contribution in [1.29, 1.82) is 0 Å². The number of hydrogen-bond donors (Lipinski definition) is 0. The number of rotatable bonds is 1. The molecule has 5 nitrogen and oxygen atoms in total. The first-order valence-electron chi connectivity index (χ1n) is 8.19. The molecule has 0 saturated carbocycles. The highest BCUT2D eigenvalue weighted by atomic mass is 19.4. The van der Waals surface area contributed by atoms with Gasteiger partial charge in [0.25, 0.3) is 5.56 Å². The summed E-state index contributed by atoms with van der Waals surface area (Å²) in [5.41, 5.74) is 0.0236. The van der Waals surface area contributed by atoms with E-state index < -0.39 is 11.9 Å². The van der Waals surface area contributed by atoms with E-state index in [1.807, 2.05) is 11.0 Å². The Balaban J connectivity index is 1.69. The molecule has 2 bridgehead atoms. The fourth-order valence-electron chi connectivity index (χ4n) is 3.94. The first-order valence-corrected chi connectivity index (χ1v) is 8.19. The predicted molar refractivity (Wildman–Crippen MR) is 85.5 cm³/mol. The van der Waals surface area contributed by atoms with Gasteiger partial charge < -0.3 is 9.47 Å². The number of aromatic nitrogens is 3. The highest BCUT2D eigenvalue weighted by molar-refractivity contribution is 5.42. The number of anilines is 1. The van der Waals surface area contributed by atoms with E-state index in [1.54, 1.807) is 16.7 Å². The molecule has 1 fully saturated rings. The molecule has 132 valence electrons. The lowest BCUT2D eigenvalue weighted by atomic mass is 9.83. The zero-order valence-electron chi connectivity index (χ0n) is 13.6. The maximum absolute atomic E-state index is 13.0. The quantitative estimate of drug-likeness (QED) is 0.793. The topological polar surface area (TPSA) is 51.0 Å². The van der Waals surface area contributed by atoms with Gasteiger partial charge in [-0.15, -0.1) is 0 Å². The second-order valence-corrected chi connectivity index (χ2v) is 6.76. The summed E-state index contributed by atoms with van der Waals surface area (Å²) in [6, 6.07) is 6.24. The summed E-state index contributed by atoms with van der Waals surface area (Å²) in [5.74, 6) is 0.750. The van der Waals surface area contributed by atoms with E-state index in [4.69, 9.17) is 0 Å². The Morgan fingerprint density at radius 1 is 1.16 bits per heavy atom. The Kier molecular flexibility index (Phi) is 3.59. The van der Waals surface area contributed by atoms with E-state index in [0.717, 1.165) is 18.2 Å². The van der Waals surface area contributed by atoms with Crippen LogP contribution in [-0.2, 0) is 12.7 Å². The van der Waals surface area contributed by atoms with E-state index in [1.165, 1.54) is 6.92 Å². The number of halogens is 3. The molecule has 0 N–H and O–H groups in total. The number of nitrogens with zero attached hydrogens (tertiary/aromatic N) is 4. The average Bonchev–Trinajstić information content (AvgIpc) is 2.54. The SMILES string of the molecule is Cc1nc(N2CC3CC(C2)c2cccc(=O)n2C3)cc(C(F)(F)F)n1. The third kappa shape index (κ3) is 2.89. The van der Waals surface area contributed by atoms with Gasteiger partial charge in [-0.3, -0.25) is 4.79 Å². The van der Waals surface area contributed by atoms with Crippen LogP contribution in [0.1, 0.15) is 29.6 Å². The van der Waals surface area contributed by atoms with Gasteiger partial charge in [0.05, 0.1) is 0 Å². The number of fused-ring (bicyclic) bond motifs is 4. The van der Waals surface area contributed by atoms with Gasteiger partial charge in [-0.1, -0.05) is 6.07 Å². The van der Waals surface area contributed by atoms with Gasteiger partial charge >= 0.3 is 6.18 Å². The molecule has 2 aliphatic rings. The van der Waals surface area contributed by atoms with Crippen molar-refractivity contribution in [2.24, 2.45) is 5.92 Å². The van der Waals surface area contributed by atoms with Gasteiger partial charge in [-0.2, -0.15) is 13.2 Å². The van der Waals surface area contributed by atoms with E-state index in [0.29, 0.717) is 25.5 Å². The zero-order chi connectivity index (χ0) is 17.8. The van der Waals surface area contributed by atoms with Crippen molar-refractivity contribution in [3.63, 3.8) is 0 Å². The minimum Gasteiger partial charge on any atom is -0.355 e. The number of hydrogen-bond acceptors (Lipinski definition) is 4. The molecule has 4 rings (SSSR count). The lowest BCUT2D eigenvalue weighted by Gasteiger charge is -2.43. The molecule has 0 spiro atoms. The van der Waals surface area contributed by atoms with Crippen molar-refractivity contribution in [3.05, 3.63) is 51.8 Å². The number of aryl methyl sites for hydroxylation is 1. The van der Waals surface area contributed by atoms with Gasteiger partial charge in [0.1, 0.15) is 17.3 Å². The third-order valence-electron chi connectivity index (χ3n) is 4.92. The predicted octanol–water partition coefficient (Wildman–Crippen LogP) is 2.59. The number of piperidine rings is 1. The molecule has 2 aliphatic heterocycles. The van der Waals surface area contributed by atoms with Crippen LogP contribution in [0.3, 0.4) is 0 Å². The Bertz CT molecular complexity index is 877. The molecule has 8 heteroatoms. The Hall–Kier alpha value is -2.38. The molecule has 2 aromatic rings. The fraction of sp³-hybridized carbons (Fsp3) is 0.471. The fourth-order valence-corrected chi connectivity index (χ4v) is 3.94. The van der Waals surface area contributed by atoms with Crippen LogP contribution < -0.4 is 10.5 Å². The van der Waals surface area contributed by atoms with Crippen molar-refractivity contribution in [3.8, 4) is 0 Å². The van der Waals surface area contributed by atoms with Crippen LogP contribution in [0, 0.1) is 12.8 Å². The van der Waals surface area contributed by atoms with Crippen LogP contribution in [-0.4, -0.2) is 27.6 Å². The van der Waals surface area contributed by atoms with Crippen LogP contribution in [0.5, 0.6) is 0 Å². The molecule has 1 saturated heterocycles. The lowest BCUT2D eigenvalue weighted by Crippen LogP contribution is -2.47. The first-order chi connectivity index (χ1) is 11.8. The molecule has 0 aliphatic carbocycles. The normalized spacial score (nSPS) is 22.6. The lowest BCUT2D eigenvalue weighted by molar-refractivity contribution is -0.141. The van der Waals surface area contributed by atoms with Gasteiger partial charge in [0, 0.05) is 43.4 Å². The highest BCUT2D eigenvalue weighted by Gasteiger charge is 2.37. The summed E-state index contributed by atoms with van der Waals surface area (Å²) in [6.07, 6.45) is -3.55. The molecule has 2 unspecified atom stereocenters. The highest BCUT2D eigenvalue weighted by Crippen LogP contribution is 2.37. The minimum absolute atomic E-state index is 0.0158. The third-order valence-corrected chi connectivity index (χ3v) is 4.92. The summed E-state index contributed by atoms with van der Waals surface area (Å²) in [6.45, 7) is 3.20. The Morgan fingerprint density at radius 2 is 1.96 bits per heavy atom. The minimum atomic E-state index is -4.49. The standard InChI is InChI=1S/C17H17F3N4O/c1-10-21-14(17(18,19)20)6-15(22-10)23-7-11-5-12(9-23)13-3-2-4-16(25)24(13)8-11/h2-4,6,11-12H,5,7-9H2,1H3. The molecule has 2 aromatic heterocycles. The summed E-state index contributed by atoms with van der Waals surface area (Å²) in [4.78, 5) is 21.7. The largest absolute Gasteiger partial charge is 0.433 e. The average molecular weight is 350 g/mol. The zero-order valence-corrected chi connectivity index (χ0v) is 13.6. The van der Waals surface area contributed by atoms with Crippen molar-refractivity contribution in [2.75, 3.05) is 18.0 Å². The van der Waals surface area contributed by atoms with Crippen LogP contribution in [0.2, 0.25) is 0 Å². The first kappa shape index (κ1) is 16.1. The molecule has 25 heavy (non-hydrogen) atoms. The van der Waals surface area contributed by atoms with Gasteiger partial charge in [0.2, 0.25) is 0 Å². The molecule has 4 heterocycles. The second kappa shape index (κ2) is 5.57. The van der Waals surface area contributed by atoms with E-state index in [2.05, 4.69) is 9.97 Å². The molecular formula is C17H17F3N4O. The smallest absolute Gasteiger partial charge is 0.355 e. The van der Waals surface area contributed by atoms with Gasteiger partial charge in [-0.05, 0) is 25.3 Å². The summed E-state index contributed by atoms with van der Waals surface area (Å²) >= 11 is 0. The van der Waals surface area contributed by atoms with Crippen LogP contribution in [0.15, 0.2) is 29.1 Å². The van der Waals surface area contributed by atoms with Crippen molar-refractivity contribution < 1.29 is 13.2 Å². The van der Waals surface area contributed by atoms with E-state index >= 15 is 0 Å². The Labute approximate surface area is 142 Å². The van der Waals surface area contributed by atoms with E-state index in [9.17, 15) is 18.0 Å². The summed E-state index contributed by atoms with van der Waals surface area (Å²) in [7, 11) is 0. The van der Waals surface area contributed by atoms with Gasteiger partial charge in [-0.25, -0.2) is 9.97 Å². The summed E-state index contributed by atoms with van der Waals surface area (Å²) in [5, 5.41) is 0. The summed E-state index contributed by atoms with van der Waals surface area (Å²) < 4.78 is 40.9. The van der Waals surface area contributed by atoms with Gasteiger partial charge in [0.15, 0.2) is 0 Å². The van der Waals surface area contributed by atoms with Crippen molar-refractivity contribution >= 4 is 5.82 Å². The number of pyridine rings is 1. The van der Waals surface area contributed by atoms with Crippen LogP contribution in [0.25, 0.3) is 0 Å². The molecule has 0 aromatic carbocycles.